The number of imidazole rings is 1. The molecule has 0 spiro atoms. The molecule has 5 nitrogen and oxygen atoms in total. The van der Waals surface area contributed by atoms with Crippen LogP contribution in [0.2, 0.25) is 0 Å². The summed E-state index contributed by atoms with van der Waals surface area (Å²) >= 11 is 0. The van der Waals surface area contributed by atoms with Gasteiger partial charge in [0, 0.05) is 24.7 Å². The van der Waals surface area contributed by atoms with Crippen molar-refractivity contribution in [2.45, 2.75) is 19.4 Å². The van der Waals surface area contributed by atoms with Gasteiger partial charge in [-0.3, -0.25) is 4.79 Å². The van der Waals surface area contributed by atoms with Crippen molar-refractivity contribution in [3.63, 3.8) is 0 Å². The molecule has 104 valence electrons. The molecule has 0 fully saturated rings. The molecule has 0 saturated heterocycles. The van der Waals surface area contributed by atoms with E-state index >= 15 is 0 Å². The predicted octanol–water partition coefficient (Wildman–Crippen LogP) is 1.99. The molecule has 2 heterocycles. The van der Waals surface area contributed by atoms with E-state index in [4.69, 9.17) is 4.74 Å². The number of hydrogen-bond donors (Lipinski definition) is 1. The number of ether oxygens (including phenoxy) is 1. The quantitative estimate of drug-likeness (QED) is 0.849. The van der Waals surface area contributed by atoms with Crippen LogP contribution in [0.4, 0.5) is 0 Å². The van der Waals surface area contributed by atoms with Gasteiger partial charge in [-0.1, -0.05) is 0 Å². The van der Waals surface area contributed by atoms with E-state index in [9.17, 15) is 9.90 Å². The number of methoxy groups -OCH3 is 1. The smallest absolute Gasteiger partial charge is 0.310 e. The second-order valence-electron chi connectivity index (χ2n) is 5.00. The van der Waals surface area contributed by atoms with E-state index in [1.54, 1.807) is 12.1 Å². The van der Waals surface area contributed by atoms with Crippen LogP contribution < -0.4 is 0 Å². The zero-order valence-electron chi connectivity index (χ0n) is 11.2. The number of rotatable bonds is 2. The first-order valence-electron chi connectivity index (χ1n) is 6.60. The summed E-state index contributed by atoms with van der Waals surface area (Å²) in [7, 11) is 1.42. The Kier molecular flexibility index (Phi) is 3.18. The topological polar surface area (TPSA) is 64.3 Å². The Hall–Kier alpha value is -2.30. The van der Waals surface area contributed by atoms with Crippen molar-refractivity contribution in [1.29, 1.82) is 0 Å². The number of aromatic hydroxyl groups is 1. The maximum atomic E-state index is 11.6. The molecule has 2 aromatic rings. The minimum Gasteiger partial charge on any atom is -0.508 e. The highest BCUT2D eigenvalue weighted by Crippen LogP contribution is 2.26. The number of carbonyl (C=O) groups is 1. The highest BCUT2D eigenvalue weighted by Gasteiger charge is 2.26. The van der Waals surface area contributed by atoms with Gasteiger partial charge in [0.05, 0.1) is 18.7 Å². The molecule has 20 heavy (non-hydrogen) atoms. The lowest BCUT2D eigenvalue weighted by atomic mass is 10.00. The third-order valence-electron chi connectivity index (χ3n) is 3.69. The van der Waals surface area contributed by atoms with E-state index in [0.717, 1.165) is 29.9 Å². The summed E-state index contributed by atoms with van der Waals surface area (Å²) in [6.45, 7) is 0.618. The Morgan fingerprint density at radius 3 is 2.85 bits per heavy atom. The maximum Gasteiger partial charge on any atom is 0.310 e. The zero-order chi connectivity index (χ0) is 14.1. The van der Waals surface area contributed by atoms with Crippen molar-refractivity contribution in [2.24, 2.45) is 5.92 Å². The van der Waals surface area contributed by atoms with E-state index < -0.39 is 0 Å². The van der Waals surface area contributed by atoms with Gasteiger partial charge in [0.25, 0.3) is 0 Å². The molecule has 1 atom stereocenters. The molecule has 1 aromatic carbocycles. The van der Waals surface area contributed by atoms with Crippen molar-refractivity contribution in [2.75, 3.05) is 7.11 Å². The number of nitrogens with zero attached hydrogens (tertiary/aromatic N) is 2. The molecular formula is C15H16N2O3. The summed E-state index contributed by atoms with van der Waals surface area (Å²) in [5.74, 6) is 0.988. The van der Waals surface area contributed by atoms with Gasteiger partial charge in [-0.2, -0.15) is 0 Å². The van der Waals surface area contributed by atoms with Gasteiger partial charge in [0.1, 0.15) is 11.6 Å². The highest BCUT2D eigenvalue weighted by molar-refractivity contribution is 5.72. The zero-order valence-corrected chi connectivity index (χ0v) is 11.2. The summed E-state index contributed by atoms with van der Waals surface area (Å²) in [6.07, 6.45) is 3.51. The lowest BCUT2D eigenvalue weighted by Gasteiger charge is -2.21. The number of aryl methyl sites for hydroxylation is 1. The number of phenolic OH excluding ortho intramolecular Hbond substituents is 1. The molecular weight excluding hydrogens is 256 g/mol. The number of esters is 1. The van der Waals surface area contributed by atoms with Crippen molar-refractivity contribution in [3.8, 4) is 17.0 Å². The summed E-state index contributed by atoms with van der Waals surface area (Å²) in [4.78, 5) is 16.2. The van der Waals surface area contributed by atoms with Crippen molar-refractivity contribution in [3.05, 3.63) is 36.3 Å². The van der Waals surface area contributed by atoms with Gasteiger partial charge in [-0.05, 0) is 30.7 Å². The molecule has 1 aromatic heterocycles. The van der Waals surface area contributed by atoms with Crippen molar-refractivity contribution >= 4 is 5.97 Å². The van der Waals surface area contributed by atoms with Gasteiger partial charge in [-0.25, -0.2) is 4.98 Å². The number of carbonyl (C=O) groups excluding carboxylic acids is 1. The van der Waals surface area contributed by atoms with Gasteiger partial charge in [-0.15, -0.1) is 0 Å². The average molecular weight is 272 g/mol. The second kappa shape index (κ2) is 5.00. The Morgan fingerprint density at radius 2 is 2.15 bits per heavy atom. The Labute approximate surface area is 116 Å². The Balaban J connectivity index is 1.86. The molecule has 0 bridgehead atoms. The molecule has 0 aliphatic carbocycles. The predicted molar refractivity (Wildman–Crippen MR) is 73.2 cm³/mol. The maximum absolute atomic E-state index is 11.6. The average Bonchev–Trinajstić information content (AvgIpc) is 2.90. The van der Waals surface area contributed by atoms with E-state index in [0.29, 0.717) is 6.54 Å². The molecule has 1 aliphatic rings. The fourth-order valence-corrected chi connectivity index (χ4v) is 2.57. The largest absolute Gasteiger partial charge is 0.508 e. The van der Waals surface area contributed by atoms with E-state index in [2.05, 4.69) is 4.98 Å². The van der Waals surface area contributed by atoms with Gasteiger partial charge in [0.2, 0.25) is 0 Å². The van der Waals surface area contributed by atoms with E-state index in [1.807, 2.05) is 22.9 Å². The van der Waals surface area contributed by atoms with Crippen LogP contribution in [0.25, 0.3) is 11.3 Å². The first-order chi connectivity index (χ1) is 9.67. The lowest BCUT2D eigenvalue weighted by Crippen LogP contribution is -2.27. The van der Waals surface area contributed by atoms with Crippen LogP contribution in [-0.2, 0) is 22.5 Å². The number of fused-ring (bicyclic) bond motifs is 1. The number of hydrogen-bond acceptors (Lipinski definition) is 4. The molecule has 0 radical (unpaired) electrons. The Morgan fingerprint density at radius 1 is 1.40 bits per heavy atom. The highest BCUT2D eigenvalue weighted by atomic mass is 16.5. The van der Waals surface area contributed by atoms with Crippen LogP contribution in [0.1, 0.15) is 12.2 Å². The van der Waals surface area contributed by atoms with E-state index in [-0.39, 0.29) is 17.6 Å². The van der Waals surface area contributed by atoms with Gasteiger partial charge >= 0.3 is 5.97 Å². The van der Waals surface area contributed by atoms with Crippen molar-refractivity contribution in [1.82, 2.24) is 9.55 Å². The van der Waals surface area contributed by atoms with Crippen LogP contribution in [0.3, 0.4) is 0 Å². The van der Waals surface area contributed by atoms with Crippen molar-refractivity contribution < 1.29 is 14.6 Å². The molecule has 3 rings (SSSR count). The summed E-state index contributed by atoms with van der Waals surface area (Å²) in [5.41, 5.74) is 1.82. The van der Waals surface area contributed by atoms with Crippen LogP contribution in [0.5, 0.6) is 5.75 Å². The lowest BCUT2D eigenvalue weighted by molar-refractivity contribution is -0.146. The van der Waals surface area contributed by atoms with Gasteiger partial charge < -0.3 is 14.4 Å². The summed E-state index contributed by atoms with van der Waals surface area (Å²) in [6, 6.07) is 6.96. The molecule has 1 unspecified atom stereocenters. The summed E-state index contributed by atoms with van der Waals surface area (Å²) < 4.78 is 6.83. The SMILES string of the molecule is COC(=O)C1CCc2nc(-c3ccc(O)cc3)cn2C1. The first kappa shape index (κ1) is 12.7. The monoisotopic (exact) mass is 272 g/mol. The molecule has 0 amide bonds. The second-order valence-corrected chi connectivity index (χ2v) is 5.00. The standard InChI is InChI=1S/C15H16N2O3/c1-20-15(19)11-4-7-14-16-13(9-17(14)8-11)10-2-5-12(18)6-3-10/h2-3,5-6,9,11,18H,4,7-8H2,1H3. The van der Waals surface area contributed by atoms with Gasteiger partial charge in [0.15, 0.2) is 0 Å². The Bertz CT molecular complexity index is 631. The minimum absolute atomic E-state index is 0.0885. The van der Waals surface area contributed by atoms with E-state index in [1.165, 1.54) is 7.11 Å². The fraction of sp³-hybridized carbons (Fsp3) is 0.333. The number of aromatic nitrogens is 2. The normalized spacial score (nSPS) is 17.6. The molecule has 1 N–H and O–H groups in total. The number of benzene rings is 1. The third kappa shape index (κ3) is 2.27. The van der Waals surface area contributed by atoms with Crippen LogP contribution in [0, 0.1) is 5.92 Å². The minimum atomic E-state index is -0.157. The van der Waals surface area contributed by atoms with Crippen LogP contribution in [0.15, 0.2) is 30.5 Å². The molecule has 0 saturated carbocycles. The number of phenols is 1. The third-order valence-corrected chi connectivity index (χ3v) is 3.69. The fourth-order valence-electron chi connectivity index (χ4n) is 2.57. The first-order valence-corrected chi connectivity index (χ1v) is 6.60. The van der Waals surface area contributed by atoms with Crippen LogP contribution >= 0.6 is 0 Å². The molecule has 1 aliphatic heterocycles. The van der Waals surface area contributed by atoms with Crippen LogP contribution in [-0.4, -0.2) is 27.7 Å². The molecule has 5 heteroatoms. The summed E-state index contributed by atoms with van der Waals surface area (Å²) in [5, 5.41) is 9.31.